The van der Waals surface area contributed by atoms with Gasteiger partial charge in [-0.2, -0.15) is 5.06 Å². The Morgan fingerprint density at radius 1 is 1.23 bits per heavy atom. The molecule has 2 heterocycles. The molecule has 0 aromatic rings. The number of carbonyl (C=O) groups excluding carboxylic acids is 1. The van der Waals surface area contributed by atoms with Gasteiger partial charge in [-0.25, -0.2) is 0 Å². The van der Waals surface area contributed by atoms with E-state index in [2.05, 4.69) is 30.7 Å². The Morgan fingerprint density at radius 2 is 2.00 bits per heavy atom. The molecule has 2 saturated heterocycles. The molecular formula is C18H30N2O2. The number of amides is 1. The highest BCUT2D eigenvalue weighted by atomic mass is 16.7. The van der Waals surface area contributed by atoms with E-state index in [0.717, 1.165) is 19.3 Å². The van der Waals surface area contributed by atoms with Gasteiger partial charge in [0.25, 0.3) is 0 Å². The summed E-state index contributed by atoms with van der Waals surface area (Å²) < 4.78 is 0. The average Bonchev–Trinajstić information content (AvgIpc) is 3.09. The van der Waals surface area contributed by atoms with E-state index in [1.165, 1.54) is 19.3 Å². The summed E-state index contributed by atoms with van der Waals surface area (Å²) in [6, 6.07) is -0.0101. The van der Waals surface area contributed by atoms with Crippen LogP contribution in [0.1, 0.15) is 59.3 Å². The molecule has 0 bridgehead atoms. The van der Waals surface area contributed by atoms with Gasteiger partial charge in [-0.3, -0.25) is 9.63 Å². The Bertz CT molecular complexity index is 480. The van der Waals surface area contributed by atoms with Gasteiger partial charge in [0.1, 0.15) is 11.7 Å². The van der Waals surface area contributed by atoms with Gasteiger partial charge in [-0.05, 0) is 37.5 Å². The van der Waals surface area contributed by atoms with Crippen LogP contribution in [0.3, 0.4) is 0 Å². The van der Waals surface area contributed by atoms with Crippen molar-refractivity contribution in [2.24, 2.45) is 23.7 Å². The molecular weight excluding hydrogens is 276 g/mol. The van der Waals surface area contributed by atoms with Gasteiger partial charge in [0.05, 0.1) is 6.10 Å². The van der Waals surface area contributed by atoms with Crippen LogP contribution in [-0.2, 0) is 9.63 Å². The molecule has 0 aromatic carbocycles. The number of hydrogen-bond acceptors (Lipinski definition) is 3. The zero-order chi connectivity index (χ0) is 15.6. The summed E-state index contributed by atoms with van der Waals surface area (Å²) in [5.41, 5.74) is -0.197. The first kappa shape index (κ1) is 14.9. The molecule has 22 heavy (non-hydrogen) atoms. The Hall–Kier alpha value is -0.610. The minimum absolute atomic E-state index is 0.0101. The third-order valence-electron chi connectivity index (χ3n) is 6.97. The average molecular weight is 306 g/mol. The van der Waals surface area contributed by atoms with Crippen molar-refractivity contribution >= 4 is 5.91 Å². The van der Waals surface area contributed by atoms with E-state index < -0.39 is 0 Å². The topological polar surface area (TPSA) is 32.8 Å². The van der Waals surface area contributed by atoms with Gasteiger partial charge in [0.15, 0.2) is 0 Å². The Morgan fingerprint density at radius 3 is 2.73 bits per heavy atom. The number of nitrogens with zero attached hydrogens (tertiary/aromatic N) is 2. The molecule has 4 fully saturated rings. The lowest BCUT2D eigenvalue weighted by atomic mass is 9.69. The molecule has 0 radical (unpaired) electrons. The molecule has 124 valence electrons. The molecule has 1 spiro atoms. The SMILES string of the molecule is CC(C)[C@@H]1CC[C@@H](C)C[C@@]12N(C)C(=O)[C@@H]1[C@H]3CCC[C@H]3ON12. The van der Waals surface area contributed by atoms with Crippen molar-refractivity contribution in [3.05, 3.63) is 0 Å². The molecule has 4 nitrogen and oxygen atoms in total. The molecule has 4 rings (SSSR count). The van der Waals surface area contributed by atoms with Crippen LogP contribution in [0.4, 0.5) is 0 Å². The van der Waals surface area contributed by atoms with E-state index in [1.54, 1.807) is 0 Å². The summed E-state index contributed by atoms with van der Waals surface area (Å²) in [5.74, 6) is 2.49. The van der Waals surface area contributed by atoms with Crippen molar-refractivity contribution in [2.45, 2.75) is 77.1 Å². The van der Waals surface area contributed by atoms with Crippen LogP contribution in [0, 0.1) is 23.7 Å². The molecule has 0 N–H and O–H groups in total. The highest BCUT2D eigenvalue weighted by Gasteiger charge is 2.67. The molecule has 0 unspecified atom stereocenters. The second kappa shape index (κ2) is 4.94. The van der Waals surface area contributed by atoms with E-state index in [0.29, 0.717) is 35.7 Å². The van der Waals surface area contributed by atoms with E-state index >= 15 is 0 Å². The summed E-state index contributed by atoms with van der Waals surface area (Å²) in [6.45, 7) is 6.96. The van der Waals surface area contributed by atoms with Gasteiger partial charge >= 0.3 is 0 Å². The van der Waals surface area contributed by atoms with Crippen LogP contribution in [0.2, 0.25) is 0 Å². The predicted octanol–water partition coefficient (Wildman–Crippen LogP) is 3.03. The van der Waals surface area contributed by atoms with Crippen LogP contribution in [-0.4, -0.2) is 40.7 Å². The molecule has 6 atom stereocenters. The normalized spacial score (nSPS) is 48.5. The van der Waals surface area contributed by atoms with E-state index in [1.807, 2.05) is 7.05 Å². The Kier molecular flexibility index (Phi) is 3.36. The van der Waals surface area contributed by atoms with E-state index in [9.17, 15) is 4.79 Å². The van der Waals surface area contributed by atoms with Crippen LogP contribution < -0.4 is 0 Å². The van der Waals surface area contributed by atoms with Gasteiger partial charge < -0.3 is 4.90 Å². The highest BCUT2D eigenvalue weighted by molar-refractivity contribution is 5.85. The van der Waals surface area contributed by atoms with Crippen molar-refractivity contribution in [1.29, 1.82) is 0 Å². The predicted molar refractivity (Wildman–Crippen MR) is 84.7 cm³/mol. The van der Waals surface area contributed by atoms with Gasteiger partial charge in [0, 0.05) is 18.9 Å². The van der Waals surface area contributed by atoms with Crippen LogP contribution in [0.15, 0.2) is 0 Å². The largest absolute Gasteiger partial charge is 0.323 e. The number of carbonyl (C=O) groups is 1. The van der Waals surface area contributed by atoms with Crippen molar-refractivity contribution in [3.8, 4) is 0 Å². The molecule has 2 aliphatic carbocycles. The van der Waals surface area contributed by atoms with Crippen LogP contribution in [0.5, 0.6) is 0 Å². The molecule has 4 aliphatic rings. The lowest BCUT2D eigenvalue weighted by Crippen LogP contribution is -2.61. The third kappa shape index (κ3) is 1.74. The van der Waals surface area contributed by atoms with Crippen molar-refractivity contribution in [2.75, 3.05) is 7.05 Å². The fourth-order valence-corrected chi connectivity index (χ4v) is 5.95. The van der Waals surface area contributed by atoms with Crippen molar-refractivity contribution in [1.82, 2.24) is 9.96 Å². The van der Waals surface area contributed by atoms with E-state index in [4.69, 9.17) is 4.84 Å². The monoisotopic (exact) mass is 306 g/mol. The molecule has 1 amide bonds. The number of hydroxylamine groups is 2. The zero-order valence-corrected chi connectivity index (χ0v) is 14.4. The maximum absolute atomic E-state index is 13.1. The van der Waals surface area contributed by atoms with Crippen LogP contribution >= 0.6 is 0 Å². The minimum atomic E-state index is -0.197. The van der Waals surface area contributed by atoms with Gasteiger partial charge in [0.2, 0.25) is 5.91 Å². The Balaban J connectivity index is 1.76. The smallest absolute Gasteiger partial charge is 0.244 e. The molecule has 0 aromatic heterocycles. The summed E-state index contributed by atoms with van der Waals surface area (Å²) in [7, 11) is 2.03. The first-order chi connectivity index (χ1) is 10.5. The lowest BCUT2D eigenvalue weighted by Gasteiger charge is -2.52. The van der Waals surface area contributed by atoms with Crippen molar-refractivity contribution in [3.63, 3.8) is 0 Å². The summed E-state index contributed by atoms with van der Waals surface area (Å²) >= 11 is 0. The number of hydrogen-bond donors (Lipinski definition) is 0. The van der Waals surface area contributed by atoms with Gasteiger partial charge in [-0.1, -0.05) is 33.6 Å². The zero-order valence-electron chi connectivity index (χ0n) is 14.4. The summed E-state index contributed by atoms with van der Waals surface area (Å²) in [6.07, 6.45) is 7.35. The van der Waals surface area contributed by atoms with Crippen LogP contribution in [0.25, 0.3) is 0 Å². The highest BCUT2D eigenvalue weighted by Crippen LogP contribution is 2.56. The standard InChI is InChI=1S/C18H30N2O2/c1-11(2)14-9-8-12(3)10-18(14)19(4)17(21)16-13-6-5-7-15(13)22-20(16)18/h11-16H,5-10H2,1-4H3/t12-,13+,14+,15-,16+,18+/m1/s1. The minimum Gasteiger partial charge on any atom is -0.323 e. The maximum atomic E-state index is 13.1. The Labute approximate surface area is 134 Å². The fraction of sp³-hybridized carbons (Fsp3) is 0.944. The van der Waals surface area contributed by atoms with Crippen molar-refractivity contribution < 1.29 is 9.63 Å². The second-order valence-electron chi connectivity index (χ2n) is 8.52. The van der Waals surface area contributed by atoms with E-state index in [-0.39, 0.29) is 11.7 Å². The summed E-state index contributed by atoms with van der Waals surface area (Å²) in [4.78, 5) is 21.6. The number of fused-ring (bicyclic) bond motifs is 4. The molecule has 2 saturated carbocycles. The second-order valence-corrected chi connectivity index (χ2v) is 8.52. The number of likely N-dealkylation sites (N-methyl/N-ethyl adjacent to an activating group) is 1. The first-order valence-electron chi connectivity index (χ1n) is 9.20. The maximum Gasteiger partial charge on any atom is 0.244 e. The fourth-order valence-electron chi connectivity index (χ4n) is 5.95. The molecule has 2 aliphatic heterocycles. The first-order valence-corrected chi connectivity index (χ1v) is 9.20. The third-order valence-corrected chi connectivity index (χ3v) is 6.97. The van der Waals surface area contributed by atoms with Gasteiger partial charge in [-0.15, -0.1) is 0 Å². The lowest BCUT2D eigenvalue weighted by molar-refractivity contribution is -0.264. The number of rotatable bonds is 1. The summed E-state index contributed by atoms with van der Waals surface area (Å²) in [5, 5.41) is 2.20. The quantitative estimate of drug-likeness (QED) is 0.746. The molecule has 4 heteroatoms.